The number of nitrogens with zero attached hydrogens (tertiary/aromatic N) is 1. The Kier molecular flexibility index (Phi) is 7.78. The highest BCUT2D eigenvalue weighted by molar-refractivity contribution is 5.97. The molecule has 0 aromatic heterocycles. The zero-order valence-electron chi connectivity index (χ0n) is 16.6. The van der Waals surface area contributed by atoms with Crippen molar-refractivity contribution in [3.05, 3.63) is 71.8 Å². The van der Waals surface area contributed by atoms with Crippen LogP contribution in [0.4, 0.5) is 0 Å². The van der Waals surface area contributed by atoms with E-state index in [1.807, 2.05) is 53.4 Å². The van der Waals surface area contributed by atoms with Crippen LogP contribution in [0.5, 0.6) is 0 Å². The molecule has 0 spiro atoms. The second kappa shape index (κ2) is 10.7. The SMILES string of the molecule is NCCCOC1CCN(C(=O)C(NC(=O)c2ccccc2)c2ccccc2)CC1. The quantitative estimate of drug-likeness (QED) is 0.673. The van der Waals surface area contributed by atoms with Crippen molar-refractivity contribution >= 4 is 11.8 Å². The predicted molar refractivity (Wildman–Crippen MR) is 112 cm³/mol. The molecule has 3 N–H and O–H groups in total. The van der Waals surface area contributed by atoms with E-state index in [1.54, 1.807) is 12.1 Å². The number of nitrogens with one attached hydrogen (secondary N) is 1. The van der Waals surface area contributed by atoms with Gasteiger partial charge in [-0.15, -0.1) is 0 Å². The van der Waals surface area contributed by atoms with E-state index in [2.05, 4.69) is 5.32 Å². The molecule has 0 aliphatic carbocycles. The minimum Gasteiger partial charge on any atom is -0.378 e. The molecule has 0 saturated carbocycles. The number of hydrogen-bond acceptors (Lipinski definition) is 4. The van der Waals surface area contributed by atoms with Gasteiger partial charge in [-0.1, -0.05) is 48.5 Å². The van der Waals surface area contributed by atoms with E-state index >= 15 is 0 Å². The summed E-state index contributed by atoms with van der Waals surface area (Å²) in [5, 5.41) is 2.92. The lowest BCUT2D eigenvalue weighted by Crippen LogP contribution is -2.47. The van der Waals surface area contributed by atoms with Crippen LogP contribution in [-0.4, -0.2) is 49.1 Å². The molecule has 1 aliphatic rings. The minimum absolute atomic E-state index is 0.0825. The second-order valence-electron chi connectivity index (χ2n) is 7.22. The minimum atomic E-state index is -0.710. The fourth-order valence-corrected chi connectivity index (χ4v) is 3.50. The average molecular weight is 396 g/mol. The maximum atomic E-state index is 13.3. The molecule has 29 heavy (non-hydrogen) atoms. The van der Waals surface area contributed by atoms with E-state index in [0.29, 0.717) is 31.8 Å². The molecule has 1 saturated heterocycles. The van der Waals surface area contributed by atoms with Crippen molar-refractivity contribution in [2.24, 2.45) is 5.73 Å². The van der Waals surface area contributed by atoms with Crippen molar-refractivity contribution in [1.29, 1.82) is 0 Å². The summed E-state index contributed by atoms with van der Waals surface area (Å²) in [7, 11) is 0. The molecule has 2 aromatic carbocycles. The number of ether oxygens (including phenoxy) is 1. The van der Waals surface area contributed by atoms with E-state index in [1.165, 1.54) is 0 Å². The first-order valence-corrected chi connectivity index (χ1v) is 10.2. The van der Waals surface area contributed by atoms with Crippen LogP contribution in [0.1, 0.15) is 41.2 Å². The molecule has 0 radical (unpaired) electrons. The monoisotopic (exact) mass is 395 g/mol. The maximum absolute atomic E-state index is 13.3. The van der Waals surface area contributed by atoms with E-state index in [-0.39, 0.29) is 17.9 Å². The standard InChI is InChI=1S/C23H29N3O3/c24-14-7-17-29-20-12-15-26(16-13-20)23(28)21(18-8-3-1-4-9-18)25-22(27)19-10-5-2-6-11-19/h1-6,8-11,20-21H,7,12-17,24H2,(H,25,27). The molecular weight excluding hydrogens is 366 g/mol. The van der Waals surface area contributed by atoms with Gasteiger partial charge in [0.1, 0.15) is 6.04 Å². The van der Waals surface area contributed by atoms with E-state index in [4.69, 9.17) is 10.5 Å². The van der Waals surface area contributed by atoms with Gasteiger partial charge in [-0.05, 0) is 43.5 Å². The number of carbonyl (C=O) groups is 2. The Morgan fingerprint density at radius 3 is 2.28 bits per heavy atom. The van der Waals surface area contributed by atoms with Crippen LogP contribution in [0.15, 0.2) is 60.7 Å². The van der Waals surface area contributed by atoms with Crippen molar-refractivity contribution in [1.82, 2.24) is 10.2 Å². The van der Waals surface area contributed by atoms with Crippen LogP contribution >= 0.6 is 0 Å². The summed E-state index contributed by atoms with van der Waals surface area (Å²) in [4.78, 5) is 27.8. The van der Waals surface area contributed by atoms with Crippen LogP contribution in [0.25, 0.3) is 0 Å². The van der Waals surface area contributed by atoms with Gasteiger partial charge in [-0.3, -0.25) is 9.59 Å². The lowest BCUT2D eigenvalue weighted by Gasteiger charge is -2.34. The molecule has 1 heterocycles. The molecule has 3 rings (SSSR count). The molecule has 6 nitrogen and oxygen atoms in total. The first-order valence-electron chi connectivity index (χ1n) is 10.2. The Morgan fingerprint density at radius 1 is 1.03 bits per heavy atom. The van der Waals surface area contributed by atoms with E-state index < -0.39 is 6.04 Å². The molecule has 1 fully saturated rings. The largest absolute Gasteiger partial charge is 0.378 e. The third kappa shape index (κ3) is 5.89. The van der Waals surface area contributed by atoms with Crippen LogP contribution < -0.4 is 11.1 Å². The van der Waals surface area contributed by atoms with Gasteiger partial charge >= 0.3 is 0 Å². The van der Waals surface area contributed by atoms with Gasteiger partial charge < -0.3 is 20.7 Å². The molecule has 6 heteroatoms. The fourth-order valence-electron chi connectivity index (χ4n) is 3.50. The summed E-state index contributed by atoms with van der Waals surface area (Å²) in [5.74, 6) is -0.339. The van der Waals surface area contributed by atoms with Crippen LogP contribution in [-0.2, 0) is 9.53 Å². The molecule has 1 atom stereocenters. The number of nitrogens with two attached hydrogens (primary N) is 1. The summed E-state index contributed by atoms with van der Waals surface area (Å²) < 4.78 is 5.83. The molecule has 2 amide bonds. The van der Waals surface area contributed by atoms with Gasteiger partial charge in [0, 0.05) is 25.3 Å². The van der Waals surface area contributed by atoms with Gasteiger partial charge in [-0.2, -0.15) is 0 Å². The van der Waals surface area contributed by atoms with E-state index in [9.17, 15) is 9.59 Å². The van der Waals surface area contributed by atoms with Gasteiger partial charge in [-0.25, -0.2) is 0 Å². The van der Waals surface area contributed by atoms with Crippen molar-refractivity contribution in [2.45, 2.75) is 31.4 Å². The smallest absolute Gasteiger partial charge is 0.252 e. The van der Waals surface area contributed by atoms with Crippen LogP contribution in [0, 0.1) is 0 Å². The van der Waals surface area contributed by atoms with Crippen molar-refractivity contribution < 1.29 is 14.3 Å². The number of hydrogen-bond donors (Lipinski definition) is 2. The molecule has 2 aromatic rings. The summed E-state index contributed by atoms with van der Waals surface area (Å²) in [6.45, 7) is 2.53. The van der Waals surface area contributed by atoms with E-state index in [0.717, 1.165) is 24.8 Å². The highest BCUT2D eigenvalue weighted by atomic mass is 16.5. The number of benzene rings is 2. The van der Waals surface area contributed by atoms with Crippen LogP contribution in [0.2, 0.25) is 0 Å². The van der Waals surface area contributed by atoms with Crippen LogP contribution in [0.3, 0.4) is 0 Å². The van der Waals surface area contributed by atoms with Gasteiger partial charge in [0.15, 0.2) is 0 Å². The lowest BCUT2D eigenvalue weighted by atomic mass is 10.0. The van der Waals surface area contributed by atoms with Gasteiger partial charge in [0.2, 0.25) is 5.91 Å². The third-order valence-corrected chi connectivity index (χ3v) is 5.15. The summed E-state index contributed by atoms with van der Waals surface area (Å²) in [6, 6.07) is 17.6. The topological polar surface area (TPSA) is 84.7 Å². The van der Waals surface area contributed by atoms with Crippen molar-refractivity contribution in [2.75, 3.05) is 26.2 Å². The zero-order chi connectivity index (χ0) is 20.5. The molecular formula is C23H29N3O3. The zero-order valence-corrected chi connectivity index (χ0v) is 16.6. The number of piperidine rings is 1. The number of rotatable bonds is 8. The Balaban J connectivity index is 1.67. The van der Waals surface area contributed by atoms with Crippen molar-refractivity contribution in [3.8, 4) is 0 Å². The Labute approximate surface area is 172 Å². The maximum Gasteiger partial charge on any atom is 0.252 e. The predicted octanol–water partition coefficient (Wildman–Crippen LogP) is 2.51. The number of carbonyl (C=O) groups excluding carboxylic acids is 2. The summed E-state index contributed by atoms with van der Waals surface area (Å²) in [6.07, 6.45) is 2.61. The number of likely N-dealkylation sites (tertiary alicyclic amines) is 1. The highest BCUT2D eigenvalue weighted by Crippen LogP contribution is 2.21. The highest BCUT2D eigenvalue weighted by Gasteiger charge is 2.30. The Morgan fingerprint density at radius 2 is 1.66 bits per heavy atom. The molecule has 1 unspecified atom stereocenters. The van der Waals surface area contributed by atoms with Crippen molar-refractivity contribution in [3.63, 3.8) is 0 Å². The summed E-state index contributed by atoms with van der Waals surface area (Å²) in [5.41, 5.74) is 6.82. The number of amides is 2. The first-order chi connectivity index (χ1) is 14.2. The third-order valence-electron chi connectivity index (χ3n) is 5.15. The summed E-state index contributed by atoms with van der Waals surface area (Å²) >= 11 is 0. The van der Waals surface area contributed by atoms with Gasteiger partial charge in [0.05, 0.1) is 6.10 Å². The van der Waals surface area contributed by atoms with Gasteiger partial charge in [0.25, 0.3) is 5.91 Å². The average Bonchev–Trinajstić information content (AvgIpc) is 2.79. The Bertz CT molecular complexity index is 774. The molecule has 1 aliphatic heterocycles. The second-order valence-corrected chi connectivity index (χ2v) is 7.22. The molecule has 0 bridgehead atoms. The molecule has 154 valence electrons. The normalized spacial score (nSPS) is 15.7. The fraction of sp³-hybridized carbons (Fsp3) is 0.391. The first kappa shape index (κ1) is 21.0. The Hall–Kier alpha value is -2.70. The lowest BCUT2D eigenvalue weighted by molar-refractivity contribution is -0.136.